The Morgan fingerprint density at radius 3 is 1.63 bits per heavy atom. The SMILES string of the molecule is CCCCC(CC)CCl.CCCCCCCCCCl. The molecular weight excluding hydrogens is 275 g/mol. The fourth-order valence-electron chi connectivity index (χ4n) is 1.93. The van der Waals surface area contributed by atoms with E-state index in [4.69, 9.17) is 23.2 Å². The monoisotopic (exact) mass is 310 g/mol. The molecule has 0 N–H and O–H groups in total. The van der Waals surface area contributed by atoms with Crippen molar-refractivity contribution in [2.24, 2.45) is 5.92 Å². The maximum atomic E-state index is 5.70. The molecule has 0 aromatic heterocycles. The standard InChI is InChI=1S/C9H19Cl.C8H17Cl/c1-2-3-4-5-6-7-8-9-10;1-3-5-6-8(4-2)7-9/h2-9H2,1H3;8H,3-7H2,1-2H3. The van der Waals surface area contributed by atoms with Gasteiger partial charge in [-0.05, 0) is 18.8 Å². The van der Waals surface area contributed by atoms with Crippen molar-refractivity contribution in [2.75, 3.05) is 11.8 Å². The molecule has 0 radical (unpaired) electrons. The van der Waals surface area contributed by atoms with Crippen molar-refractivity contribution in [3.63, 3.8) is 0 Å². The van der Waals surface area contributed by atoms with Crippen molar-refractivity contribution in [1.82, 2.24) is 0 Å². The molecule has 0 heterocycles. The average molecular weight is 311 g/mol. The van der Waals surface area contributed by atoms with E-state index in [2.05, 4.69) is 20.8 Å². The molecule has 0 bridgehead atoms. The molecular formula is C17H36Cl2. The molecule has 0 aliphatic rings. The largest absolute Gasteiger partial charge is 0.127 e. The highest BCUT2D eigenvalue weighted by atomic mass is 35.5. The Bertz CT molecular complexity index is 125. The zero-order valence-electron chi connectivity index (χ0n) is 13.5. The van der Waals surface area contributed by atoms with Crippen molar-refractivity contribution in [3.05, 3.63) is 0 Å². The number of rotatable bonds is 12. The molecule has 2 heteroatoms. The second-order valence-corrected chi connectivity index (χ2v) is 6.07. The highest BCUT2D eigenvalue weighted by Gasteiger charge is 2.01. The molecule has 0 aromatic rings. The first-order valence-corrected chi connectivity index (χ1v) is 9.45. The van der Waals surface area contributed by atoms with E-state index in [0.717, 1.165) is 17.7 Å². The minimum Gasteiger partial charge on any atom is -0.127 e. The lowest BCUT2D eigenvalue weighted by molar-refractivity contribution is 0.497. The lowest BCUT2D eigenvalue weighted by atomic mass is 10.0. The third kappa shape index (κ3) is 21.0. The Balaban J connectivity index is 0. The van der Waals surface area contributed by atoms with Crippen LogP contribution in [-0.4, -0.2) is 11.8 Å². The Morgan fingerprint density at radius 2 is 1.21 bits per heavy atom. The van der Waals surface area contributed by atoms with Crippen LogP contribution in [-0.2, 0) is 0 Å². The summed E-state index contributed by atoms with van der Waals surface area (Å²) in [6, 6.07) is 0. The van der Waals surface area contributed by atoms with E-state index in [0.29, 0.717) is 0 Å². The third-order valence-corrected chi connectivity index (χ3v) is 4.20. The number of alkyl halides is 2. The highest BCUT2D eigenvalue weighted by Crippen LogP contribution is 2.13. The molecule has 0 saturated carbocycles. The van der Waals surface area contributed by atoms with Gasteiger partial charge in [-0.15, -0.1) is 23.2 Å². The van der Waals surface area contributed by atoms with Crippen molar-refractivity contribution in [2.45, 2.75) is 91.4 Å². The molecule has 0 saturated heterocycles. The summed E-state index contributed by atoms with van der Waals surface area (Å²) in [6.07, 6.45) is 14.7. The van der Waals surface area contributed by atoms with Crippen molar-refractivity contribution in [1.29, 1.82) is 0 Å². The van der Waals surface area contributed by atoms with Crippen molar-refractivity contribution in [3.8, 4) is 0 Å². The van der Waals surface area contributed by atoms with Gasteiger partial charge in [-0.25, -0.2) is 0 Å². The molecule has 0 fully saturated rings. The smallest absolute Gasteiger partial charge is 0.0251 e. The summed E-state index contributed by atoms with van der Waals surface area (Å²) in [5.41, 5.74) is 0. The molecule has 0 amide bonds. The van der Waals surface area contributed by atoms with Crippen LogP contribution in [0.2, 0.25) is 0 Å². The fraction of sp³-hybridized carbons (Fsp3) is 1.00. The molecule has 1 atom stereocenters. The molecule has 0 spiro atoms. The fourth-order valence-corrected chi connectivity index (χ4v) is 2.50. The predicted octanol–water partition coefficient (Wildman–Crippen LogP) is 7.42. The molecule has 0 aromatic carbocycles. The van der Waals surface area contributed by atoms with E-state index in [1.54, 1.807) is 0 Å². The third-order valence-electron chi connectivity index (χ3n) is 3.50. The summed E-state index contributed by atoms with van der Waals surface area (Å²) in [5, 5.41) is 0. The van der Waals surface area contributed by atoms with Crippen molar-refractivity contribution >= 4 is 23.2 Å². The maximum Gasteiger partial charge on any atom is 0.0251 e. The van der Waals surface area contributed by atoms with Gasteiger partial charge < -0.3 is 0 Å². The van der Waals surface area contributed by atoms with Gasteiger partial charge >= 0.3 is 0 Å². The summed E-state index contributed by atoms with van der Waals surface area (Å²) in [6.45, 7) is 6.68. The summed E-state index contributed by atoms with van der Waals surface area (Å²) >= 11 is 11.2. The van der Waals surface area contributed by atoms with Gasteiger partial charge in [-0.3, -0.25) is 0 Å². The minimum atomic E-state index is 0.770. The molecule has 1 unspecified atom stereocenters. The lowest BCUT2D eigenvalue weighted by Gasteiger charge is -2.08. The van der Waals surface area contributed by atoms with Crippen LogP contribution in [0.3, 0.4) is 0 Å². The van der Waals surface area contributed by atoms with Gasteiger partial charge in [0.1, 0.15) is 0 Å². The minimum absolute atomic E-state index is 0.770. The zero-order chi connectivity index (χ0) is 14.8. The first kappa shape index (κ1) is 21.9. The van der Waals surface area contributed by atoms with Crippen LogP contribution in [0.4, 0.5) is 0 Å². The number of halogens is 2. The van der Waals surface area contributed by atoms with Crippen LogP contribution in [0, 0.1) is 5.92 Å². The van der Waals surface area contributed by atoms with Gasteiger partial charge in [0.15, 0.2) is 0 Å². The second-order valence-electron chi connectivity index (χ2n) is 5.38. The van der Waals surface area contributed by atoms with Gasteiger partial charge in [0.2, 0.25) is 0 Å². The maximum absolute atomic E-state index is 5.70. The topological polar surface area (TPSA) is 0 Å². The van der Waals surface area contributed by atoms with Gasteiger partial charge in [0.25, 0.3) is 0 Å². The predicted molar refractivity (Wildman–Crippen MR) is 92.7 cm³/mol. The van der Waals surface area contributed by atoms with E-state index in [1.165, 1.54) is 70.6 Å². The van der Waals surface area contributed by atoms with E-state index >= 15 is 0 Å². The van der Waals surface area contributed by atoms with Crippen LogP contribution < -0.4 is 0 Å². The molecule has 0 aliphatic heterocycles. The first-order valence-electron chi connectivity index (χ1n) is 8.38. The molecule has 0 aliphatic carbocycles. The summed E-state index contributed by atoms with van der Waals surface area (Å²) in [4.78, 5) is 0. The van der Waals surface area contributed by atoms with Gasteiger partial charge in [-0.2, -0.15) is 0 Å². The quantitative estimate of drug-likeness (QED) is 0.260. The van der Waals surface area contributed by atoms with Gasteiger partial charge in [-0.1, -0.05) is 78.6 Å². The van der Waals surface area contributed by atoms with Crippen LogP contribution in [0.25, 0.3) is 0 Å². The molecule has 19 heavy (non-hydrogen) atoms. The Hall–Kier alpha value is 0.580. The van der Waals surface area contributed by atoms with E-state index in [9.17, 15) is 0 Å². The summed E-state index contributed by atoms with van der Waals surface area (Å²) < 4.78 is 0. The second kappa shape index (κ2) is 20.9. The molecule has 0 nitrogen and oxygen atoms in total. The van der Waals surface area contributed by atoms with E-state index in [1.807, 2.05) is 0 Å². The van der Waals surface area contributed by atoms with E-state index in [-0.39, 0.29) is 0 Å². The first-order chi connectivity index (χ1) is 9.26. The van der Waals surface area contributed by atoms with Crippen LogP contribution >= 0.6 is 23.2 Å². The lowest BCUT2D eigenvalue weighted by Crippen LogP contribution is -1.99. The van der Waals surface area contributed by atoms with Gasteiger partial charge in [0.05, 0.1) is 0 Å². The van der Waals surface area contributed by atoms with E-state index < -0.39 is 0 Å². The number of hydrogen-bond donors (Lipinski definition) is 0. The molecule has 0 rings (SSSR count). The molecule has 118 valence electrons. The average Bonchev–Trinajstić information content (AvgIpc) is 2.45. The van der Waals surface area contributed by atoms with Gasteiger partial charge in [0, 0.05) is 11.8 Å². The highest BCUT2D eigenvalue weighted by molar-refractivity contribution is 6.18. The van der Waals surface area contributed by atoms with Crippen LogP contribution in [0.1, 0.15) is 91.4 Å². The number of hydrogen-bond acceptors (Lipinski definition) is 0. The Morgan fingerprint density at radius 1 is 0.684 bits per heavy atom. The zero-order valence-corrected chi connectivity index (χ0v) is 15.0. The summed E-state index contributed by atoms with van der Waals surface area (Å²) in [7, 11) is 0. The Kier molecular flexibility index (Phi) is 24.0. The van der Waals surface area contributed by atoms with Crippen molar-refractivity contribution < 1.29 is 0 Å². The van der Waals surface area contributed by atoms with Crippen LogP contribution in [0.5, 0.6) is 0 Å². The normalized spacial score (nSPS) is 11.8. The summed E-state index contributed by atoms with van der Waals surface area (Å²) in [5.74, 6) is 2.45. The Labute approximate surface area is 132 Å². The number of unbranched alkanes of at least 4 members (excludes halogenated alkanes) is 7. The van der Waals surface area contributed by atoms with Crippen LogP contribution in [0.15, 0.2) is 0 Å².